The lowest BCUT2D eigenvalue weighted by atomic mass is 10.1. The van der Waals surface area contributed by atoms with Crippen LogP contribution < -0.4 is 10.6 Å². The second-order valence-electron chi connectivity index (χ2n) is 6.58. The quantitative estimate of drug-likeness (QED) is 0.510. The second kappa shape index (κ2) is 8.31. The van der Waals surface area contributed by atoms with Crippen LogP contribution in [0.1, 0.15) is 29.1 Å². The summed E-state index contributed by atoms with van der Waals surface area (Å²) < 4.78 is 25.3. The summed E-state index contributed by atoms with van der Waals surface area (Å²) in [5.74, 6) is 0.393. The number of carbonyl (C=O) groups excluding carboxylic acids is 1. The Hall–Kier alpha value is -3.40. The van der Waals surface area contributed by atoms with E-state index in [2.05, 4.69) is 26.0 Å². The largest absolute Gasteiger partial charge is 0.505 e. The predicted molar refractivity (Wildman–Crippen MR) is 112 cm³/mol. The maximum atomic E-state index is 12.2. The number of aromatic hydroxyl groups is 1. The van der Waals surface area contributed by atoms with Gasteiger partial charge in [0, 0.05) is 14.1 Å². The number of nitrogens with zero attached hydrogens (tertiary/aromatic N) is 3. The number of phenolic OH excluding ortho intramolecular Hbond substituents is 1. The lowest BCUT2D eigenvalue weighted by Gasteiger charge is -2.19. The fourth-order valence-corrected chi connectivity index (χ4v) is 3.28. The van der Waals surface area contributed by atoms with Crippen LogP contribution in [0.4, 0.5) is 5.69 Å². The first-order valence-corrected chi connectivity index (χ1v) is 9.70. The third-order valence-corrected chi connectivity index (χ3v) is 4.77. The van der Waals surface area contributed by atoms with Crippen molar-refractivity contribution in [2.75, 3.05) is 19.4 Å². The van der Waals surface area contributed by atoms with Crippen LogP contribution in [0.2, 0.25) is 0 Å². The Morgan fingerprint density at radius 2 is 1.97 bits per heavy atom. The van der Waals surface area contributed by atoms with Crippen LogP contribution in [0.25, 0.3) is 0 Å². The summed E-state index contributed by atoms with van der Waals surface area (Å²) in [6.07, 6.45) is 1.54. The van der Waals surface area contributed by atoms with Gasteiger partial charge in [-0.05, 0) is 31.2 Å². The van der Waals surface area contributed by atoms with Gasteiger partial charge in [0.15, 0.2) is 17.4 Å². The highest BCUT2D eigenvalue weighted by molar-refractivity contribution is 7.83. The van der Waals surface area contributed by atoms with Gasteiger partial charge in [-0.15, -0.1) is 8.80 Å². The Morgan fingerprint density at radius 3 is 2.59 bits per heavy atom. The molecule has 10 heteroatoms. The third-order valence-electron chi connectivity index (χ3n) is 4.09. The zero-order valence-corrected chi connectivity index (χ0v) is 17.0. The van der Waals surface area contributed by atoms with Gasteiger partial charge in [0.2, 0.25) is 0 Å². The summed E-state index contributed by atoms with van der Waals surface area (Å²) in [6, 6.07) is 7.83. The van der Waals surface area contributed by atoms with Crippen LogP contribution in [0, 0.1) is 0 Å². The molecule has 0 saturated carbocycles. The van der Waals surface area contributed by atoms with Crippen LogP contribution in [-0.4, -0.2) is 45.9 Å². The van der Waals surface area contributed by atoms with Gasteiger partial charge in [-0.2, -0.15) is 0 Å². The van der Waals surface area contributed by atoms with Crippen LogP contribution in [0.5, 0.6) is 5.75 Å². The molecule has 3 rings (SSSR count). The standard InChI is InChI=1S/C19H21N5O4S/c1-11(2)15(14-9-6-10-28-14)21-18-17(22-29(27)23-18)20-13-8-5-7-12(16(13)25)19(26)24(3)4/h5-10,15,25H,1H2,2-4H3,(H,20,22)(H,21,23)/t15-,29?/m1/s1. The van der Waals surface area contributed by atoms with Gasteiger partial charge in [0.05, 0.1) is 17.5 Å². The Labute approximate surface area is 170 Å². The molecule has 3 N–H and O–H groups in total. The van der Waals surface area contributed by atoms with E-state index in [0.29, 0.717) is 5.76 Å². The van der Waals surface area contributed by atoms with Gasteiger partial charge >= 0.3 is 0 Å². The molecule has 1 amide bonds. The number of amides is 1. The summed E-state index contributed by atoms with van der Waals surface area (Å²) in [5, 5.41) is 16.5. The Bertz CT molecular complexity index is 1030. The molecule has 0 saturated heterocycles. The summed E-state index contributed by atoms with van der Waals surface area (Å²) in [4.78, 5) is 13.6. The highest BCUT2D eigenvalue weighted by Gasteiger charge is 2.26. The van der Waals surface area contributed by atoms with E-state index < -0.39 is 17.2 Å². The van der Waals surface area contributed by atoms with Gasteiger partial charge in [0.1, 0.15) is 11.8 Å². The fourth-order valence-electron chi connectivity index (χ4n) is 2.65. The average Bonchev–Trinajstić information content (AvgIpc) is 3.30. The summed E-state index contributed by atoms with van der Waals surface area (Å²) >= 11 is -1.83. The maximum absolute atomic E-state index is 12.2. The van der Waals surface area contributed by atoms with Crippen LogP contribution in [-0.2, 0) is 11.2 Å². The summed E-state index contributed by atoms with van der Waals surface area (Å²) in [6.45, 7) is 5.77. The number of phenols is 1. The van der Waals surface area contributed by atoms with E-state index in [1.54, 1.807) is 44.6 Å². The zero-order chi connectivity index (χ0) is 21.1. The van der Waals surface area contributed by atoms with E-state index >= 15 is 0 Å². The van der Waals surface area contributed by atoms with Crippen LogP contribution >= 0.6 is 0 Å². The SMILES string of the molecule is C=C(C)[C@@H](NC1=NS(=O)N=C1Nc1cccc(C(=O)N(C)C)c1O)c1ccco1. The number of hydrogen-bond acceptors (Lipinski definition) is 6. The molecule has 2 heterocycles. The lowest BCUT2D eigenvalue weighted by Crippen LogP contribution is -2.37. The Kier molecular flexibility index (Phi) is 5.83. The number of para-hydroxylation sites is 1. The fraction of sp³-hybridized carbons (Fsp3) is 0.211. The lowest BCUT2D eigenvalue weighted by molar-refractivity contribution is 0.0824. The van der Waals surface area contributed by atoms with E-state index in [1.807, 2.05) is 6.92 Å². The van der Waals surface area contributed by atoms with Crippen molar-refractivity contribution < 1.29 is 18.5 Å². The molecular weight excluding hydrogens is 394 g/mol. The molecule has 29 heavy (non-hydrogen) atoms. The molecule has 1 aliphatic heterocycles. The summed E-state index contributed by atoms with van der Waals surface area (Å²) in [7, 11) is 3.18. The van der Waals surface area contributed by atoms with Crippen molar-refractivity contribution in [2.24, 2.45) is 8.80 Å². The number of furan rings is 1. The molecular formula is C19H21N5O4S. The Balaban J connectivity index is 1.86. The van der Waals surface area contributed by atoms with Crippen molar-refractivity contribution in [1.82, 2.24) is 10.2 Å². The van der Waals surface area contributed by atoms with Crippen molar-refractivity contribution in [3.63, 3.8) is 0 Å². The van der Waals surface area contributed by atoms with Crippen molar-refractivity contribution in [3.8, 4) is 5.75 Å². The van der Waals surface area contributed by atoms with Crippen LogP contribution in [0.15, 0.2) is 62.0 Å². The number of nitrogens with one attached hydrogen (secondary N) is 2. The topological polar surface area (TPSA) is 120 Å². The summed E-state index contributed by atoms with van der Waals surface area (Å²) in [5.41, 5.74) is 1.11. The van der Waals surface area contributed by atoms with E-state index in [9.17, 15) is 14.1 Å². The van der Waals surface area contributed by atoms with Gasteiger partial charge in [-0.25, -0.2) is 4.21 Å². The molecule has 0 radical (unpaired) electrons. The first kappa shape index (κ1) is 20.3. The molecule has 0 aliphatic carbocycles. The monoisotopic (exact) mass is 415 g/mol. The molecule has 1 aromatic heterocycles. The molecule has 1 aliphatic rings. The van der Waals surface area contributed by atoms with E-state index in [4.69, 9.17) is 4.42 Å². The minimum Gasteiger partial charge on any atom is -0.505 e. The minimum atomic E-state index is -1.83. The normalized spacial score (nSPS) is 16.6. The first-order chi connectivity index (χ1) is 13.8. The van der Waals surface area contributed by atoms with Gasteiger partial charge in [-0.3, -0.25) is 4.79 Å². The molecule has 0 spiro atoms. The smallest absolute Gasteiger partial charge is 0.269 e. The number of benzene rings is 1. The minimum absolute atomic E-state index is 0.126. The van der Waals surface area contributed by atoms with E-state index in [0.717, 1.165) is 5.57 Å². The van der Waals surface area contributed by atoms with Gasteiger partial charge < -0.3 is 25.1 Å². The molecule has 2 aromatic rings. The van der Waals surface area contributed by atoms with Crippen molar-refractivity contribution in [3.05, 3.63) is 60.1 Å². The van der Waals surface area contributed by atoms with Crippen LogP contribution in [0.3, 0.4) is 0 Å². The van der Waals surface area contributed by atoms with Crippen molar-refractivity contribution >= 4 is 34.4 Å². The highest BCUT2D eigenvalue weighted by Crippen LogP contribution is 2.29. The number of hydrogen-bond donors (Lipinski definition) is 3. The third kappa shape index (κ3) is 4.37. The molecule has 1 unspecified atom stereocenters. The first-order valence-electron chi connectivity index (χ1n) is 8.63. The van der Waals surface area contributed by atoms with E-state index in [1.165, 1.54) is 11.0 Å². The number of carbonyl (C=O) groups is 1. The predicted octanol–water partition coefficient (Wildman–Crippen LogP) is 2.40. The number of rotatable bonds is 5. The molecule has 152 valence electrons. The molecule has 0 bridgehead atoms. The van der Waals surface area contributed by atoms with Gasteiger partial charge in [0.25, 0.3) is 17.1 Å². The second-order valence-corrected chi connectivity index (χ2v) is 7.40. The molecule has 2 atom stereocenters. The average molecular weight is 415 g/mol. The molecule has 9 nitrogen and oxygen atoms in total. The maximum Gasteiger partial charge on any atom is 0.269 e. The molecule has 1 aromatic carbocycles. The Morgan fingerprint density at radius 1 is 1.24 bits per heavy atom. The van der Waals surface area contributed by atoms with E-state index in [-0.39, 0.29) is 34.6 Å². The van der Waals surface area contributed by atoms with Crippen molar-refractivity contribution in [1.29, 1.82) is 0 Å². The highest BCUT2D eigenvalue weighted by atomic mass is 32.2. The van der Waals surface area contributed by atoms with Crippen molar-refractivity contribution in [2.45, 2.75) is 13.0 Å². The number of amidine groups is 2. The zero-order valence-electron chi connectivity index (χ0n) is 16.2. The van der Waals surface area contributed by atoms with Gasteiger partial charge in [-0.1, -0.05) is 18.2 Å². The molecule has 0 fully saturated rings. The number of anilines is 1.